The van der Waals surface area contributed by atoms with Gasteiger partial charge in [-0.3, -0.25) is 0 Å². The zero-order valence-electron chi connectivity index (χ0n) is 36.2. The van der Waals surface area contributed by atoms with Crippen LogP contribution in [0.25, 0.3) is 66.1 Å². The normalized spacial score (nSPS) is 14.2. The second kappa shape index (κ2) is 13.3. The summed E-state index contributed by atoms with van der Waals surface area (Å²) >= 11 is 0. The van der Waals surface area contributed by atoms with E-state index in [0.29, 0.717) is 0 Å². The molecule has 0 atom stereocenters. The van der Waals surface area contributed by atoms with Gasteiger partial charge in [0.1, 0.15) is 16.7 Å². The minimum absolute atomic E-state index is 0.350. The van der Waals surface area contributed by atoms with Crippen LogP contribution in [0.4, 0.5) is 34.1 Å². The van der Waals surface area contributed by atoms with Gasteiger partial charge in [-0.1, -0.05) is 137 Å². The van der Waals surface area contributed by atoms with E-state index in [4.69, 9.17) is 8.83 Å². The molecule has 11 aromatic rings. The molecule has 0 spiro atoms. The van der Waals surface area contributed by atoms with Crippen molar-refractivity contribution in [3.05, 3.63) is 216 Å². The highest BCUT2D eigenvalue weighted by Gasteiger charge is 2.45. The smallest absolute Gasteiger partial charge is 0.160 e. The lowest BCUT2D eigenvalue weighted by Crippen LogP contribution is -2.18. The van der Waals surface area contributed by atoms with Crippen molar-refractivity contribution < 1.29 is 8.83 Å². The number of furan rings is 2. The molecular formula is C60H44N2O2. The molecule has 0 saturated carbocycles. The van der Waals surface area contributed by atoms with Crippen LogP contribution in [0, 0.1) is 0 Å². The average Bonchev–Trinajstić information content (AvgIpc) is 4.03. The Kier molecular flexibility index (Phi) is 7.67. The molecule has 4 heteroatoms. The van der Waals surface area contributed by atoms with Crippen molar-refractivity contribution in [2.75, 3.05) is 9.80 Å². The number of anilines is 6. The Morgan fingerprint density at radius 1 is 0.344 bits per heavy atom. The van der Waals surface area contributed by atoms with Crippen LogP contribution in [0.3, 0.4) is 0 Å². The molecule has 0 amide bonds. The molecule has 2 heterocycles. The molecule has 9 aromatic carbocycles. The SMILES string of the molecule is CC1(C)c2cc3c(cc2-c2c1cc(N(c1ccccc1)c1ccccc1)c1c2oc2ccccc21)C(C)(C)c1cc(N(c2ccccc2)c2ccccc2)c2oc4ccccc4c2c1-3. The number of rotatable bonds is 6. The van der Waals surface area contributed by atoms with Gasteiger partial charge in [0.15, 0.2) is 5.58 Å². The standard InChI is InChI=1S/C60H44N2O2/c1-59(2)45-34-44-46(33-43(45)53-47(59)36-50(57-56(53)42-30-18-20-32-52(42)63-57)62(39-25-13-7-14-26-39)40-27-15-8-16-28-40)60(3,4)48-35-49(55-41-29-17-19-31-51(41)64-58(55)54(44)48)61(37-21-9-5-10-22-37)38-23-11-6-12-24-38/h5-36H,1-4H3. The Morgan fingerprint density at radius 2 is 0.719 bits per heavy atom. The first kappa shape index (κ1) is 36.8. The summed E-state index contributed by atoms with van der Waals surface area (Å²) in [5, 5.41) is 4.50. The van der Waals surface area contributed by atoms with Gasteiger partial charge in [-0.25, -0.2) is 0 Å². The van der Waals surface area contributed by atoms with Gasteiger partial charge in [0.05, 0.1) is 16.8 Å². The van der Waals surface area contributed by atoms with Crippen LogP contribution in [-0.2, 0) is 10.8 Å². The fraction of sp³-hybridized carbons (Fsp3) is 0.100. The molecule has 13 rings (SSSR count). The number of hydrogen-bond donors (Lipinski definition) is 0. The molecule has 2 aliphatic carbocycles. The van der Waals surface area contributed by atoms with Crippen molar-refractivity contribution in [2.45, 2.75) is 38.5 Å². The van der Waals surface area contributed by atoms with Gasteiger partial charge in [0.2, 0.25) is 0 Å². The summed E-state index contributed by atoms with van der Waals surface area (Å²) in [5.74, 6) is 0. The van der Waals surface area contributed by atoms with Crippen molar-refractivity contribution in [1.29, 1.82) is 0 Å². The Labute approximate surface area is 372 Å². The molecular weight excluding hydrogens is 781 g/mol. The summed E-state index contributed by atoms with van der Waals surface area (Å²) in [6.07, 6.45) is 0. The quantitative estimate of drug-likeness (QED) is 0.167. The van der Waals surface area contributed by atoms with E-state index >= 15 is 0 Å². The van der Waals surface area contributed by atoms with Crippen LogP contribution < -0.4 is 9.80 Å². The fourth-order valence-corrected chi connectivity index (χ4v) is 11.1. The van der Waals surface area contributed by atoms with Gasteiger partial charge in [-0.2, -0.15) is 0 Å². The van der Waals surface area contributed by atoms with E-state index in [1.807, 2.05) is 0 Å². The van der Waals surface area contributed by atoms with Gasteiger partial charge in [-0.05, 0) is 124 Å². The number of fused-ring (bicyclic) bond motifs is 14. The third-order valence-electron chi connectivity index (χ3n) is 14.2. The number of hydrogen-bond acceptors (Lipinski definition) is 4. The van der Waals surface area contributed by atoms with E-state index in [0.717, 1.165) is 78.0 Å². The molecule has 306 valence electrons. The van der Waals surface area contributed by atoms with Gasteiger partial charge in [-0.15, -0.1) is 0 Å². The maximum absolute atomic E-state index is 7.12. The lowest BCUT2D eigenvalue weighted by atomic mass is 9.79. The Balaban J connectivity index is 1.09. The molecule has 4 nitrogen and oxygen atoms in total. The van der Waals surface area contributed by atoms with Crippen LogP contribution in [0.5, 0.6) is 0 Å². The predicted molar refractivity (Wildman–Crippen MR) is 265 cm³/mol. The zero-order valence-corrected chi connectivity index (χ0v) is 36.2. The van der Waals surface area contributed by atoms with E-state index in [9.17, 15) is 0 Å². The van der Waals surface area contributed by atoms with Gasteiger partial charge in [0, 0.05) is 55.3 Å². The van der Waals surface area contributed by atoms with Crippen LogP contribution in [-0.4, -0.2) is 0 Å². The summed E-state index contributed by atoms with van der Waals surface area (Å²) in [6.45, 7) is 9.58. The van der Waals surface area contributed by atoms with Crippen LogP contribution in [0.15, 0.2) is 203 Å². The van der Waals surface area contributed by atoms with Gasteiger partial charge < -0.3 is 18.6 Å². The van der Waals surface area contributed by atoms with Crippen molar-refractivity contribution in [2.24, 2.45) is 0 Å². The van der Waals surface area contributed by atoms with E-state index in [-0.39, 0.29) is 10.8 Å². The molecule has 0 aliphatic heterocycles. The highest BCUT2D eigenvalue weighted by Crippen LogP contribution is 2.62. The second-order valence-electron chi connectivity index (χ2n) is 18.4. The number of nitrogens with zero attached hydrogens (tertiary/aromatic N) is 2. The maximum atomic E-state index is 7.12. The number of para-hydroxylation sites is 6. The number of benzene rings is 9. The van der Waals surface area contributed by atoms with Crippen LogP contribution >= 0.6 is 0 Å². The second-order valence-corrected chi connectivity index (χ2v) is 18.4. The average molecular weight is 825 g/mol. The lowest BCUT2D eigenvalue weighted by Gasteiger charge is -2.29. The summed E-state index contributed by atoms with van der Waals surface area (Å²) in [6, 6.07) is 69.7. The maximum Gasteiger partial charge on any atom is 0.160 e. The first-order valence-corrected chi connectivity index (χ1v) is 22.3. The van der Waals surface area contributed by atoms with E-state index in [1.54, 1.807) is 0 Å². The van der Waals surface area contributed by atoms with Crippen molar-refractivity contribution >= 4 is 78.0 Å². The minimum atomic E-state index is -0.359. The Bertz CT molecular complexity index is 3580. The molecule has 0 unspecified atom stereocenters. The highest BCUT2D eigenvalue weighted by atomic mass is 16.3. The molecule has 0 fully saturated rings. The van der Waals surface area contributed by atoms with Gasteiger partial charge >= 0.3 is 0 Å². The van der Waals surface area contributed by atoms with E-state index < -0.39 is 0 Å². The van der Waals surface area contributed by atoms with E-state index in [2.05, 4.69) is 232 Å². The highest BCUT2D eigenvalue weighted by molar-refractivity contribution is 6.21. The molecule has 0 N–H and O–H groups in total. The first-order valence-electron chi connectivity index (χ1n) is 22.3. The lowest BCUT2D eigenvalue weighted by molar-refractivity contribution is 0.649. The van der Waals surface area contributed by atoms with Crippen molar-refractivity contribution in [3.8, 4) is 22.3 Å². The van der Waals surface area contributed by atoms with Crippen LogP contribution in [0.2, 0.25) is 0 Å². The zero-order chi connectivity index (χ0) is 42.9. The van der Waals surface area contributed by atoms with E-state index in [1.165, 1.54) is 44.5 Å². The minimum Gasteiger partial charge on any atom is -0.455 e. The summed E-state index contributed by atoms with van der Waals surface area (Å²) in [7, 11) is 0. The Morgan fingerprint density at radius 3 is 1.22 bits per heavy atom. The predicted octanol–water partition coefficient (Wildman–Crippen LogP) is 17.0. The molecule has 0 saturated heterocycles. The monoisotopic (exact) mass is 824 g/mol. The molecule has 2 aliphatic rings. The summed E-state index contributed by atoms with van der Waals surface area (Å²) < 4.78 is 14.1. The third kappa shape index (κ3) is 5.05. The molecule has 64 heavy (non-hydrogen) atoms. The third-order valence-corrected chi connectivity index (χ3v) is 14.2. The summed E-state index contributed by atoms with van der Waals surface area (Å²) in [4.78, 5) is 4.75. The molecule has 0 radical (unpaired) electrons. The topological polar surface area (TPSA) is 32.8 Å². The van der Waals surface area contributed by atoms with Crippen molar-refractivity contribution in [1.82, 2.24) is 0 Å². The fourth-order valence-electron chi connectivity index (χ4n) is 11.1. The first-order chi connectivity index (χ1) is 31.3. The van der Waals surface area contributed by atoms with Crippen molar-refractivity contribution in [3.63, 3.8) is 0 Å². The molecule has 0 bridgehead atoms. The molecule has 2 aromatic heterocycles. The summed E-state index contributed by atoms with van der Waals surface area (Å²) in [5.41, 5.74) is 19.5. The van der Waals surface area contributed by atoms with Gasteiger partial charge in [0.25, 0.3) is 0 Å². The van der Waals surface area contributed by atoms with Crippen LogP contribution in [0.1, 0.15) is 49.9 Å². The largest absolute Gasteiger partial charge is 0.455 e. The Hall–Kier alpha value is -7.82.